The van der Waals surface area contributed by atoms with Gasteiger partial charge in [0, 0.05) is 11.9 Å². The van der Waals surface area contributed by atoms with Crippen LogP contribution in [0.2, 0.25) is 0 Å². The molecule has 1 amide bonds. The second-order valence-electron chi connectivity index (χ2n) is 4.95. The molecule has 0 bridgehead atoms. The summed E-state index contributed by atoms with van der Waals surface area (Å²) in [6.45, 7) is 5.41. The Hall–Kier alpha value is -2.69. The van der Waals surface area contributed by atoms with Crippen LogP contribution in [0, 0.1) is 20.8 Å². The predicted octanol–water partition coefficient (Wildman–Crippen LogP) is 2.96. The summed E-state index contributed by atoms with van der Waals surface area (Å²) in [5.41, 5.74) is 3.14. The van der Waals surface area contributed by atoms with Crippen molar-refractivity contribution in [3.8, 4) is 0 Å². The number of pyridine rings is 1. The molecule has 0 saturated heterocycles. The zero-order valence-electron chi connectivity index (χ0n) is 12.1. The molecule has 0 fully saturated rings. The standard InChI is InChI=1S/C16H16N2O3/c1-9-6-10(2)14(13(7-9)16(20)21)18-15(19)12-5-4-11(3)17-8-12/h4-8H,1-3H3,(H,18,19)(H,20,21). The van der Waals surface area contributed by atoms with E-state index in [1.807, 2.05) is 19.9 Å². The van der Waals surface area contributed by atoms with Gasteiger partial charge in [-0.15, -0.1) is 0 Å². The van der Waals surface area contributed by atoms with E-state index in [1.165, 1.54) is 6.20 Å². The number of carbonyl (C=O) groups is 2. The van der Waals surface area contributed by atoms with Crippen molar-refractivity contribution in [2.24, 2.45) is 0 Å². The maximum atomic E-state index is 12.2. The SMILES string of the molecule is Cc1cc(C)c(NC(=O)c2ccc(C)nc2)c(C(=O)O)c1. The summed E-state index contributed by atoms with van der Waals surface area (Å²) in [6.07, 6.45) is 1.47. The Labute approximate surface area is 122 Å². The summed E-state index contributed by atoms with van der Waals surface area (Å²) in [6, 6.07) is 6.75. The zero-order chi connectivity index (χ0) is 15.6. The van der Waals surface area contributed by atoms with Crippen molar-refractivity contribution in [3.05, 3.63) is 58.4 Å². The zero-order valence-corrected chi connectivity index (χ0v) is 12.1. The van der Waals surface area contributed by atoms with Gasteiger partial charge in [-0.2, -0.15) is 0 Å². The molecule has 21 heavy (non-hydrogen) atoms. The maximum Gasteiger partial charge on any atom is 0.337 e. The molecule has 0 aliphatic rings. The first-order chi connectivity index (χ1) is 9.88. The van der Waals surface area contributed by atoms with Gasteiger partial charge in [0.15, 0.2) is 0 Å². The van der Waals surface area contributed by atoms with Gasteiger partial charge in [0.1, 0.15) is 0 Å². The van der Waals surface area contributed by atoms with Crippen LogP contribution in [-0.2, 0) is 0 Å². The number of carbonyl (C=O) groups excluding carboxylic acids is 1. The number of nitrogens with one attached hydrogen (secondary N) is 1. The molecule has 0 spiro atoms. The molecule has 1 aromatic heterocycles. The number of hydrogen-bond donors (Lipinski definition) is 2. The Kier molecular flexibility index (Phi) is 4.03. The highest BCUT2D eigenvalue weighted by Gasteiger charge is 2.16. The van der Waals surface area contributed by atoms with Crippen LogP contribution in [0.25, 0.3) is 0 Å². The Morgan fingerprint density at radius 1 is 1.14 bits per heavy atom. The fourth-order valence-corrected chi connectivity index (χ4v) is 2.09. The van der Waals surface area contributed by atoms with Crippen LogP contribution in [0.1, 0.15) is 37.5 Å². The number of aryl methyl sites for hydroxylation is 3. The van der Waals surface area contributed by atoms with Gasteiger partial charge in [0.2, 0.25) is 0 Å². The van der Waals surface area contributed by atoms with E-state index in [1.54, 1.807) is 25.1 Å². The van der Waals surface area contributed by atoms with Crippen LogP contribution in [0.4, 0.5) is 5.69 Å². The van der Waals surface area contributed by atoms with E-state index in [2.05, 4.69) is 10.3 Å². The summed E-state index contributed by atoms with van der Waals surface area (Å²) >= 11 is 0. The first-order valence-corrected chi connectivity index (χ1v) is 6.47. The van der Waals surface area contributed by atoms with Gasteiger partial charge in [-0.05, 0) is 50.1 Å². The van der Waals surface area contributed by atoms with Crippen LogP contribution in [0.15, 0.2) is 30.5 Å². The van der Waals surface area contributed by atoms with Gasteiger partial charge in [0.05, 0.1) is 16.8 Å². The smallest absolute Gasteiger partial charge is 0.337 e. The predicted molar refractivity (Wildman–Crippen MR) is 79.8 cm³/mol. The van der Waals surface area contributed by atoms with Crippen molar-refractivity contribution in [2.45, 2.75) is 20.8 Å². The second-order valence-corrected chi connectivity index (χ2v) is 4.95. The third-order valence-electron chi connectivity index (χ3n) is 3.12. The highest BCUT2D eigenvalue weighted by Crippen LogP contribution is 2.23. The fourth-order valence-electron chi connectivity index (χ4n) is 2.09. The Morgan fingerprint density at radius 3 is 2.43 bits per heavy atom. The highest BCUT2D eigenvalue weighted by atomic mass is 16.4. The minimum absolute atomic E-state index is 0.0842. The van der Waals surface area contributed by atoms with E-state index in [0.717, 1.165) is 11.3 Å². The lowest BCUT2D eigenvalue weighted by Gasteiger charge is -2.13. The highest BCUT2D eigenvalue weighted by molar-refractivity contribution is 6.08. The molecule has 2 aromatic rings. The average Bonchev–Trinajstić information content (AvgIpc) is 2.41. The number of carboxylic acid groups (broad SMARTS) is 1. The van der Waals surface area contributed by atoms with Crippen LogP contribution in [-0.4, -0.2) is 22.0 Å². The summed E-state index contributed by atoms with van der Waals surface area (Å²) in [5, 5.41) is 11.9. The van der Waals surface area contributed by atoms with Crippen LogP contribution < -0.4 is 5.32 Å². The van der Waals surface area contributed by atoms with E-state index in [4.69, 9.17) is 0 Å². The van der Waals surface area contributed by atoms with Gasteiger partial charge in [-0.3, -0.25) is 9.78 Å². The van der Waals surface area contributed by atoms with Crippen LogP contribution in [0.5, 0.6) is 0 Å². The van der Waals surface area contributed by atoms with E-state index in [-0.39, 0.29) is 11.5 Å². The summed E-state index contributed by atoms with van der Waals surface area (Å²) < 4.78 is 0. The molecule has 0 aliphatic carbocycles. The Bertz CT molecular complexity index is 706. The van der Waals surface area contributed by atoms with Crippen molar-refractivity contribution in [1.82, 2.24) is 4.98 Å². The Balaban J connectivity index is 2.37. The lowest BCUT2D eigenvalue weighted by Crippen LogP contribution is -2.16. The minimum atomic E-state index is -1.07. The molecular weight excluding hydrogens is 268 g/mol. The molecule has 5 nitrogen and oxygen atoms in total. The number of hydrogen-bond acceptors (Lipinski definition) is 3. The summed E-state index contributed by atoms with van der Waals surface area (Å²) in [4.78, 5) is 27.6. The number of aromatic carboxylic acids is 1. The molecule has 0 saturated carbocycles. The quantitative estimate of drug-likeness (QED) is 0.908. The van der Waals surface area contributed by atoms with E-state index in [0.29, 0.717) is 16.8 Å². The molecule has 0 aliphatic heterocycles. The average molecular weight is 284 g/mol. The van der Waals surface area contributed by atoms with Crippen LogP contribution >= 0.6 is 0 Å². The van der Waals surface area contributed by atoms with Crippen molar-refractivity contribution >= 4 is 17.6 Å². The van der Waals surface area contributed by atoms with Gasteiger partial charge >= 0.3 is 5.97 Å². The van der Waals surface area contributed by atoms with Gasteiger partial charge in [0.25, 0.3) is 5.91 Å². The normalized spacial score (nSPS) is 10.2. The molecule has 2 N–H and O–H groups in total. The van der Waals surface area contributed by atoms with E-state index in [9.17, 15) is 14.7 Å². The monoisotopic (exact) mass is 284 g/mol. The van der Waals surface area contributed by atoms with Crippen molar-refractivity contribution in [1.29, 1.82) is 0 Å². The van der Waals surface area contributed by atoms with E-state index >= 15 is 0 Å². The van der Waals surface area contributed by atoms with Crippen molar-refractivity contribution in [2.75, 3.05) is 5.32 Å². The number of aromatic nitrogens is 1. The number of benzene rings is 1. The third kappa shape index (κ3) is 3.25. The van der Waals surface area contributed by atoms with Crippen molar-refractivity contribution in [3.63, 3.8) is 0 Å². The molecule has 0 atom stereocenters. The molecule has 0 unspecified atom stereocenters. The largest absolute Gasteiger partial charge is 0.478 e. The number of amides is 1. The maximum absolute atomic E-state index is 12.2. The third-order valence-corrected chi connectivity index (χ3v) is 3.12. The topological polar surface area (TPSA) is 79.3 Å². The molecule has 0 radical (unpaired) electrons. The summed E-state index contributed by atoms with van der Waals surface area (Å²) in [5.74, 6) is -1.45. The van der Waals surface area contributed by atoms with Gasteiger partial charge < -0.3 is 10.4 Å². The number of carboxylic acids is 1. The van der Waals surface area contributed by atoms with Crippen molar-refractivity contribution < 1.29 is 14.7 Å². The second kappa shape index (κ2) is 5.75. The minimum Gasteiger partial charge on any atom is -0.478 e. The molecule has 108 valence electrons. The van der Waals surface area contributed by atoms with Crippen LogP contribution in [0.3, 0.4) is 0 Å². The summed E-state index contributed by atoms with van der Waals surface area (Å²) in [7, 11) is 0. The number of nitrogens with zero attached hydrogens (tertiary/aromatic N) is 1. The first-order valence-electron chi connectivity index (χ1n) is 6.47. The fraction of sp³-hybridized carbons (Fsp3) is 0.188. The number of rotatable bonds is 3. The van der Waals surface area contributed by atoms with E-state index < -0.39 is 5.97 Å². The lowest BCUT2D eigenvalue weighted by molar-refractivity contribution is 0.0698. The molecule has 1 heterocycles. The molecule has 2 rings (SSSR count). The molecule has 5 heteroatoms. The lowest BCUT2D eigenvalue weighted by atomic mass is 10.0. The molecule has 1 aromatic carbocycles. The van der Waals surface area contributed by atoms with Gasteiger partial charge in [-0.25, -0.2) is 4.79 Å². The number of anilines is 1. The first kappa shape index (κ1) is 14.7. The van der Waals surface area contributed by atoms with Gasteiger partial charge in [-0.1, -0.05) is 6.07 Å². The molecular formula is C16H16N2O3. The Morgan fingerprint density at radius 2 is 1.86 bits per heavy atom.